The number of rotatable bonds is 0. The Morgan fingerprint density at radius 2 is 2.17 bits per heavy atom. The lowest BCUT2D eigenvalue weighted by Crippen LogP contribution is -2.60. The highest BCUT2D eigenvalue weighted by Gasteiger charge is 2.37. The maximum atomic E-state index is 5.92. The zero-order valence-corrected chi connectivity index (χ0v) is 11.6. The van der Waals surface area contributed by atoms with Crippen LogP contribution in [0.1, 0.15) is 39.5 Å². The summed E-state index contributed by atoms with van der Waals surface area (Å²) in [5.74, 6) is 1.12. The van der Waals surface area contributed by atoms with E-state index in [1.807, 2.05) is 0 Å². The predicted molar refractivity (Wildman–Crippen MR) is 72.8 cm³/mol. The SMILES string of the molecule is CC1(C)CN=C(N2CCOC3CCCCC32)NC1. The molecule has 2 atom stereocenters. The molecule has 0 aromatic heterocycles. The Labute approximate surface area is 110 Å². The minimum absolute atomic E-state index is 0.293. The van der Waals surface area contributed by atoms with Gasteiger partial charge in [0.05, 0.1) is 18.8 Å². The van der Waals surface area contributed by atoms with Gasteiger partial charge in [-0.2, -0.15) is 0 Å². The zero-order chi connectivity index (χ0) is 12.6. The number of nitrogens with zero attached hydrogens (tertiary/aromatic N) is 2. The minimum Gasteiger partial charge on any atom is -0.374 e. The summed E-state index contributed by atoms with van der Waals surface area (Å²) in [6.45, 7) is 8.34. The summed E-state index contributed by atoms with van der Waals surface area (Å²) in [7, 11) is 0. The summed E-state index contributed by atoms with van der Waals surface area (Å²) >= 11 is 0. The molecular formula is C14H25N3O. The topological polar surface area (TPSA) is 36.9 Å². The molecule has 2 aliphatic heterocycles. The number of ether oxygens (including phenoxy) is 1. The summed E-state index contributed by atoms with van der Waals surface area (Å²) < 4.78 is 5.92. The van der Waals surface area contributed by atoms with Gasteiger partial charge in [0.2, 0.25) is 0 Å². The van der Waals surface area contributed by atoms with Crippen LogP contribution in [0.4, 0.5) is 0 Å². The Bertz CT molecular complexity index is 338. The van der Waals surface area contributed by atoms with Crippen molar-refractivity contribution < 1.29 is 4.74 Å². The number of nitrogens with one attached hydrogen (secondary N) is 1. The second-order valence-corrected chi connectivity index (χ2v) is 6.61. The molecule has 1 N–H and O–H groups in total. The van der Waals surface area contributed by atoms with Gasteiger partial charge in [-0.15, -0.1) is 0 Å². The monoisotopic (exact) mass is 251 g/mol. The molecule has 0 radical (unpaired) electrons. The molecule has 1 saturated carbocycles. The fourth-order valence-electron chi connectivity index (χ4n) is 3.27. The molecule has 102 valence electrons. The van der Waals surface area contributed by atoms with Gasteiger partial charge in [0.1, 0.15) is 0 Å². The fourth-order valence-corrected chi connectivity index (χ4v) is 3.27. The van der Waals surface area contributed by atoms with Gasteiger partial charge in [-0.25, -0.2) is 0 Å². The van der Waals surface area contributed by atoms with Crippen LogP contribution < -0.4 is 5.32 Å². The van der Waals surface area contributed by atoms with E-state index in [0.717, 1.165) is 32.2 Å². The Hall–Kier alpha value is -0.770. The summed E-state index contributed by atoms with van der Waals surface area (Å²) in [5.41, 5.74) is 0.293. The summed E-state index contributed by atoms with van der Waals surface area (Å²) in [5, 5.41) is 3.53. The van der Waals surface area contributed by atoms with E-state index in [1.54, 1.807) is 0 Å². The number of morpholine rings is 1. The van der Waals surface area contributed by atoms with Crippen molar-refractivity contribution in [1.82, 2.24) is 10.2 Å². The Balaban J connectivity index is 1.73. The van der Waals surface area contributed by atoms with Gasteiger partial charge in [0.25, 0.3) is 0 Å². The average Bonchev–Trinajstić information content (AvgIpc) is 2.38. The van der Waals surface area contributed by atoms with Crippen molar-refractivity contribution in [1.29, 1.82) is 0 Å². The zero-order valence-electron chi connectivity index (χ0n) is 11.6. The lowest BCUT2D eigenvalue weighted by Gasteiger charge is -2.46. The molecule has 0 bridgehead atoms. The van der Waals surface area contributed by atoms with E-state index in [2.05, 4.69) is 24.1 Å². The van der Waals surface area contributed by atoms with Crippen LogP contribution in [0, 0.1) is 5.41 Å². The number of guanidine groups is 1. The first-order valence-corrected chi connectivity index (χ1v) is 7.32. The predicted octanol–water partition coefficient (Wildman–Crippen LogP) is 1.62. The third-order valence-electron chi connectivity index (χ3n) is 4.39. The summed E-state index contributed by atoms with van der Waals surface area (Å²) in [6.07, 6.45) is 5.57. The molecular weight excluding hydrogens is 226 g/mol. The highest BCUT2D eigenvalue weighted by atomic mass is 16.5. The molecule has 1 aliphatic carbocycles. The van der Waals surface area contributed by atoms with E-state index >= 15 is 0 Å². The van der Waals surface area contributed by atoms with Gasteiger partial charge >= 0.3 is 0 Å². The molecule has 2 unspecified atom stereocenters. The number of aliphatic imine (C=N–C) groups is 1. The second kappa shape index (κ2) is 4.72. The van der Waals surface area contributed by atoms with E-state index < -0.39 is 0 Å². The normalized spacial score (nSPS) is 35.4. The smallest absolute Gasteiger partial charge is 0.194 e. The molecule has 1 saturated heterocycles. The van der Waals surface area contributed by atoms with Crippen molar-refractivity contribution in [2.75, 3.05) is 26.2 Å². The standard InChI is InChI=1S/C14H25N3O/c1-14(2)9-15-13(16-10-14)17-7-8-18-12-6-4-3-5-11(12)17/h11-12H,3-10H2,1-2H3,(H,15,16). The van der Waals surface area contributed by atoms with E-state index in [-0.39, 0.29) is 0 Å². The van der Waals surface area contributed by atoms with Crippen LogP contribution in [0.5, 0.6) is 0 Å². The molecule has 3 rings (SSSR count). The van der Waals surface area contributed by atoms with E-state index in [4.69, 9.17) is 9.73 Å². The number of fused-ring (bicyclic) bond motifs is 1. The van der Waals surface area contributed by atoms with E-state index in [9.17, 15) is 0 Å². The first kappa shape index (κ1) is 12.3. The van der Waals surface area contributed by atoms with Crippen LogP contribution in [0.25, 0.3) is 0 Å². The molecule has 0 amide bonds. The lowest BCUT2D eigenvalue weighted by atomic mass is 9.89. The second-order valence-electron chi connectivity index (χ2n) is 6.61. The molecule has 2 heterocycles. The molecule has 4 nitrogen and oxygen atoms in total. The third kappa shape index (κ3) is 2.35. The Morgan fingerprint density at radius 1 is 1.33 bits per heavy atom. The lowest BCUT2D eigenvalue weighted by molar-refractivity contribution is -0.0652. The highest BCUT2D eigenvalue weighted by Crippen LogP contribution is 2.29. The molecule has 0 aromatic rings. The van der Waals surface area contributed by atoms with Gasteiger partial charge in [-0.3, -0.25) is 4.99 Å². The fraction of sp³-hybridized carbons (Fsp3) is 0.929. The first-order valence-electron chi connectivity index (χ1n) is 7.32. The van der Waals surface area contributed by atoms with Crippen LogP contribution in [-0.2, 0) is 4.74 Å². The Morgan fingerprint density at radius 3 is 2.94 bits per heavy atom. The van der Waals surface area contributed by atoms with Gasteiger partial charge in [0, 0.05) is 25.0 Å². The molecule has 2 fully saturated rings. The molecule has 4 heteroatoms. The van der Waals surface area contributed by atoms with Crippen molar-refractivity contribution in [3.05, 3.63) is 0 Å². The first-order chi connectivity index (χ1) is 8.66. The van der Waals surface area contributed by atoms with E-state index in [0.29, 0.717) is 17.6 Å². The van der Waals surface area contributed by atoms with Crippen LogP contribution in [0.2, 0.25) is 0 Å². The van der Waals surface area contributed by atoms with Crippen molar-refractivity contribution in [3.63, 3.8) is 0 Å². The number of hydrogen-bond donors (Lipinski definition) is 1. The average molecular weight is 251 g/mol. The molecule has 18 heavy (non-hydrogen) atoms. The summed E-state index contributed by atoms with van der Waals surface area (Å²) in [4.78, 5) is 7.25. The van der Waals surface area contributed by atoms with Crippen molar-refractivity contribution in [2.45, 2.75) is 51.7 Å². The highest BCUT2D eigenvalue weighted by molar-refractivity contribution is 5.81. The minimum atomic E-state index is 0.293. The van der Waals surface area contributed by atoms with Crippen LogP contribution in [0.3, 0.4) is 0 Å². The Kier molecular flexibility index (Phi) is 3.22. The maximum Gasteiger partial charge on any atom is 0.194 e. The number of hydrogen-bond acceptors (Lipinski definition) is 4. The van der Waals surface area contributed by atoms with Gasteiger partial charge < -0.3 is 15.0 Å². The maximum absolute atomic E-state index is 5.92. The summed E-state index contributed by atoms with van der Waals surface area (Å²) in [6, 6.07) is 0.556. The quantitative estimate of drug-likeness (QED) is 0.711. The largest absolute Gasteiger partial charge is 0.374 e. The van der Waals surface area contributed by atoms with Crippen molar-refractivity contribution >= 4 is 5.96 Å². The van der Waals surface area contributed by atoms with Crippen LogP contribution in [-0.4, -0.2) is 49.2 Å². The van der Waals surface area contributed by atoms with Crippen LogP contribution in [0.15, 0.2) is 4.99 Å². The van der Waals surface area contributed by atoms with Crippen molar-refractivity contribution in [3.8, 4) is 0 Å². The van der Waals surface area contributed by atoms with Crippen molar-refractivity contribution in [2.24, 2.45) is 10.4 Å². The van der Waals surface area contributed by atoms with Gasteiger partial charge in [0.15, 0.2) is 5.96 Å². The van der Waals surface area contributed by atoms with Crippen LogP contribution >= 0.6 is 0 Å². The molecule has 0 spiro atoms. The van der Waals surface area contributed by atoms with E-state index in [1.165, 1.54) is 25.7 Å². The third-order valence-corrected chi connectivity index (χ3v) is 4.39. The van der Waals surface area contributed by atoms with Gasteiger partial charge in [-0.05, 0) is 12.8 Å². The molecule has 0 aromatic carbocycles. The van der Waals surface area contributed by atoms with Gasteiger partial charge in [-0.1, -0.05) is 26.7 Å². The molecule has 3 aliphatic rings.